The minimum absolute atomic E-state index is 0.120. The van der Waals surface area contributed by atoms with Gasteiger partial charge in [0, 0.05) is 12.7 Å². The molecule has 1 unspecified atom stereocenters. The molecule has 0 radical (unpaired) electrons. The van der Waals surface area contributed by atoms with Crippen LogP contribution in [0.5, 0.6) is 0 Å². The summed E-state index contributed by atoms with van der Waals surface area (Å²) in [6, 6.07) is 9.32. The summed E-state index contributed by atoms with van der Waals surface area (Å²) in [5.41, 5.74) is 5.31. The molecule has 2 aromatic rings. The monoisotopic (exact) mass is 251 g/mol. The first-order chi connectivity index (χ1) is 8.14. The Hall–Kier alpha value is -1.36. The van der Waals surface area contributed by atoms with Crippen molar-refractivity contribution in [2.45, 2.75) is 12.1 Å². The van der Waals surface area contributed by atoms with Gasteiger partial charge in [-0.25, -0.2) is 0 Å². The van der Waals surface area contributed by atoms with Gasteiger partial charge in [0.25, 0.3) is 0 Å². The summed E-state index contributed by atoms with van der Waals surface area (Å²) >= 11 is 5.78. The van der Waals surface area contributed by atoms with Crippen molar-refractivity contribution in [1.82, 2.24) is 9.78 Å². The van der Waals surface area contributed by atoms with Crippen molar-refractivity contribution in [2.24, 2.45) is 5.73 Å². The van der Waals surface area contributed by atoms with Crippen LogP contribution in [0.2, 0.25) is 5.02 Å². The molecule has 1 aromatic carbocycles. The quantitative estimate of drug-likeness (QED) is 0.863. The molecule has 0 saturated heterocycles. The average Bonchev–Trinajstić information content (AvgIpc) is 2.75. The van der Waals surface area contributed by atoms with Gasteiger partial charge in [-0.1, -0.05) is 41.9 Å². The van der Waals surface area contributed by atoms with Gasteiger partial charge < -0.3 is 10.8 Å². The number of aliphatic hydroxyl groups is 1. The number of benzene rings is 1. The van der Waals surface area contributed by atoms with Crippen LogP contribution in [0.4, 0.5) is 0 Å². The van der Waals surface area contributed by atoms with Gasteiger partial charge in [0.05, 0.1) is 17.8 Å². The molecule has 0 aliphatic heterocycles. The maximum atomic E-state index is 10.5. The number of nitrogens with zero attached hydrogens (tertiary/aromatic N) is 2. The molecule has 1 heterocycles. The highest BCUT2D eigenvalue weighted by atomic mass is 35.5. The van der Waals surface area contributed by atoms with Crippen LogP contribution in [0.15, 0.2) is 42.7 Å². The molecule has 0 fully saturated rings. The Morgan fingerprint density at radius 3 is 2.59 bits per heavy atom. The van der Waals surface area contributed by atoms with E-state index in [0.29, 0.717) is 5.02 Å². The molecule has 0 amide bonds. The second kappa shape index (κ2) is 4.87. The fraction of sp³-hybridized carbons (Fsp3) is 0.250. The lowest BCUT2D eigenvalue weighted by molar-refractivity contribution is 0.0240. The second-order valence-corrected chi connectivity index (χ2v) is 4.39. The first-order valence-corrected chi connectivity index (χ1v) is 5.68. The smallest absolute Gasteiger partial charge is 0.121 e. The predicted octanol–water partition coefficient (Wildman–Crippen LogP) is 1.38. The Bertz CT molecular complexity index is 486. The Labute approximate surface area is 105 Å². The lowest BCUT2D eigenvalue weighted by Gasteiger charge is -2.26. The molecule has 0 aliphatic carbocycles. The molecule has 17 heavy (non-hydrogen) atoms. The molecule has 0 spiro atoms. The molecule has 5 heteroatoms. The van der Waals surface area contributed by atoms with Crippen molar-refractivity contribution in [3.63, 3.8) is 0 Å². The minimum atomic E-state index is -1.13. The highest BCUT2D eigenvalue weighted by Gasteiger charge is 2.28. The first-order valence-electron chi connectivity index (χ1n) is 5.30. The molecule has 1 atom stereocenters. The van der Waals surface area contributed by atoms with Crippen LogP contribution in [-0.4, -0.2) is 21.4 Å². The molecule has 0 bridgehead atoms. The van der Waals surface area contributed by atoms with Crippen LogP contribution in [0.25, 0.3) is 0 Å². The van der Waals surface area contributed by atoms with E-state index >= 15 is 0 Å². The largest absolute Gasteiger partial charge is 0.382 e. The summed E-state index contributed by atoms with van der Waals surface area (Å²) in [4.78, 5) is 0. The van der Waals surface area contributed by atoms with Crippen molar-refractivity contribution in [3.8, 4) is 0 Å². The van der Waals surface area contributed by atoms with Gasteiger partial charge in [-0.15, -0.1) is 0 Å². The van der Waals surface area contributed by atoms with Crippen molar-refractivity contribution in [3.05, 3.63) is 53.3 Å². The lowest BCUT2D eigenvalue weighted by Crippen LogP contribution is -2.39. The summed E-state index contributed by atoms with van der Waals surface area (Å²) in [6.45, 7) is 0.398. The van der Waals surface area contributed by atoms with Crippen molar-refractivity contribution >= 4 is 11.6 Å². The zero-order chi connectivity index (χ0) is 12.3. The van der Waals surface area contributed by atoms with E-state index in [1.165, 1.54) is 6.20 Å². The number of halogens is 1. The summed E-state index contributed by atoms with van der Waals surface area (Å²) < 4.78 is 1.59. The highest BCUT2D eigenvalue weighted by molar-refractivity contribution is 6.30. The Morgan fingerprint density at radius 1 is 1.35 bits per heavy atom. The molecular weight excluding hydrogens is 238 g/mol. The molecule has 3 N–H and O–H groups in total. The Morgan fingerprint density at radius 2 is 2.06 bits per heavy atom. The van der Waals surface area contributed by atoms with Crippen LogP contribution < -0.4 is 5.73 Å². The van der Waals surface area contributed by atoms with E-state index in [1.807, 2.05) is 30.3 Å². The van der Waals surface area contributed by atoms with E-state index in [2.05, 4.69) is 5.10 Å². The fourth-order valence-corrected chi connectivity index (χ4v) is 1.87. The van der Waals surface area contributed by atoms with Gasteiger partial charge in [-0.2, -0.15) is 5.10 Å². The van der Waals surface area contributed by atoms with E-state index in [1.54, 1.807) is 10.9 Å². The van der Waals surface area contributed by atoms with E-state index < -0.39 is 5.60 Å². The maximum absolute atomic E-state index is 10.5. The van der Waals surface area contributed by atoms with Crippen LogP contribution in [0.1, 0.15) is 5.56 Å². The van der Waals surface area contributed by atoms with Crippen LogP contribution >= 0.6 is 11.6 Å². The zero-order valence-corrected chi connectivity index (χ0v) is 10.0. The van der Waals surface area contributed by atoms with Gasteiger partial charge in [0.2, 0.25) is 0 Å². The van der Waals surface area contributed by atoms with Crippen molar-refractivity contribution in [1.29, 1.82) is 0 Å². The molecule has 4 nitrogen and oxygen atoms in total. The highest BCUT2D eigenvalue weighted by Crippen LogP contribution is 2.22. The summed E-state index contributed by atoms with van der Waals surface area (Å²) in [7, 11) is 0. The van der Waals surface area contributed by atoms with Gasteiger partial charge in [0.15, 0.2) is 0 Å². The second-order valence-electron chi connectivity index (χ2n) is 3.96. The third-order valence-corrected chi connectivity index (χ3v) is 2.87. The predicted molar refractivity (Wildman–Crippen MR) is 66.6 cm³/mol. The molecular formula is C12H14ClN3O. The van der Waals surface area contributed by atoms with Gasteiger partial charge >= 0.3 is 0 Å². The van der Waals surface area contributed by atoms with E-state index in [9.17, 15) is 5.11 Å². The maximum Gasteiger partial charge on any atom is 0.121 e. The molecule has 0 aliphatic rings. The van der Waals surface area contributed by atoms with E-state index in [4.69, 9.17) is 17.3 Å². The van der Waals surface area contributed by atoms with E-state index in [-0.39, 0.29) is 13.1 Å². The SMILES string of the molecule is NCC(O)(Cn1cc(Cl)cn1)c1ccccc1. The van der Waals surface area contributed by atoms with Crippen molar-refractivity contribution in [2.75, 3.05) is 6.54 Å². The number of hydrogen-bond acceptors (Lipinski definition) is 3. The number of rotatable bonds is 4. The van der Waals surface area contributed by atoms with Gasteiger partial charge in [-0.3, -0.25) is 4.68 Å². The third kappa shape index (κ3) is 2.66. The normalized spacial score (nSPS) is 14.5. The lowest BCUT2D eigenvalue weighted by atomic mass is 9.94. The fourth-order valence-electron chi connectivity index (χ4n) is 1.71. The van der Waals surface area contributed by atoms with Gasteiger partial charge in [0.1, 0.15) is 5.60 Å². The van der Waals surface area contributed by atoms with E-state index in [0.717, 1.165) is 5.56 Å². The number of nitrogens with two attached hydrogens (primary N) is 1. The third-order valence-electron chi connectivity index (χ3n) is 2.67. The Balaban J connectivity index is 2.26. The van der Waals surface area contributed by atoms with Crippen LogP contribution in [0.3, 0.4) is 0 Å². The van der Waals surface area contributed by atoms with Crippen LogP contribution in [-0.2, 0) is 12.1 Å². The standard InChI is InChI=1S/C12H14ClN3O/c13-11-6-15-16(7-11)9-12(17,8-14)10-4-2-1-3-5-10/h1-7,17H,8-9,14H2. The molecule has 90 valence electrons. The minimum Gasteiger partial charge on any atom is -0.382 e. The van der Waals surface area contributed by atoms with Gasteiger partial charge in [-0.05, 0) is 5.56 Å². The first kappa shape index (κ1) is 12.1. The number of aromatic nitrogens is 2. The van der Waals surface area contributed by atoms with Crippen molar-refractivity contribution < 1.29 is 5.11 Å². The topological polar surface area (TPSA) is 64.1 Å². The van der Waals surface area contributed by atoms with Crippen LogP contribution in [0, 0.1) is 0 Å². The summed E-state index contributed by atoms with van der Waals surface area (Å²) in [6.07, 6.45) is 3.19. The molecule has 0 saturated carbocycles. The average molecular weight is 252 g/mol. The summed E-state index contributed by atoms with van der Waals surface area (Å²) in [5.74, 6) is 0. The molecule has 1 aromatic heterocycles. The summed E-state index contributed by atoms with van der Waals surface area (Å²) in [5, 5.41) is 15.1. The zero-order valence-electron chi connectivity index (χ0n) is 9.25. The number of hydrogen-bond donors (Lipinski definition) is 2. The Kier molecular flexibility index (Phi) is 3.47. The molecule has 2 rings (SSSR count).